The van der Waals surface area contributed by atoms with E-state index in [1.807, 2.05) is 36.4 Å². The van der Waals surface area contributed by atoms with Crippen molar-refractivity contribution in [2.75, 3.05) is 19.0 Å². The minimum Gasteiger partial charge on any atom is -0.504 e. The molecule has 2 aromatic carbocycles. The molecule has 0 spiro atoms. The van der Waals surface area contributed by atoms with Crippen LogP contribution in [-0.4, -0.2) is 39.2 Å². The average molecular weight is 432 g/mol. The van der Waals surface area contributed by atoms with Gasteiger partial charge in [-0.2, -0.15) is 0 Å². The number of anilines is 2. The fourth-order valence-electron chi connectivity index (χ4n) is 3.56. The lowest BCUT2D eigenvalue weighted by Gasteiger charge is -2.12. The van der Waals surface area contributed by atoms with Crippen LogP contribution in [0, 0.1) is 13.8 Å². The van der Waals surface area contributed by atoms with Crippen molar-refractivity contribution in [3.05, 3.63) is 65.5 Å². The Balaban J connectivity index is 1.82. The van der Waals surface area contributed by atoms with Crippen molar-refractivity contribution in [1.82, 2.24) is 14.4 Å². The molecule has 0 saturated carbocycles. The first-order chi connectivity index (χ1) is 15.4. The second-order valence-corrected chi connectivity index (χ2v) is 7.29. The zero-order chi connectivity index (χ0) is 22.8. The van der Waals surface area contributed by atoms with Crippen LogP contribution < -0.4 is 10.1 Å². The van der Waals surface area contributed by atoms with Crippen LogP contribution in [0.2, 0.25) is 0 Å². The first kappa shape index (κ1) is 21.2. The third kappa shape index (κ3) is 3.94. The number of hydrogen-bond donors (Lipinski definition) is 2. The number of benzene rings is 2. The number of hydrogen-bond acceptors (Lipinski definition) is 7. The maximum Gasteiger partial charge on any atom is 0.338 e. The highest BCUT2D eigenvalue weighted by atomic mass is 16.5. The van der Waals surface area contributed by atoms with Gasteiger partial charge in [-0.15, -0.1) is 0 Å². The van der Waals surface area contributed by atoms with Gasteiger partial charge in [-0.1, -0.05) is 0 Å². The zero-order valence-corrected chi connectivity index (χ0v) is 18.3. The molecule has 8 nitrogen and oxygen atoms in total. The minimum atomic E-state index is -0.360. The number of rotatable bonds is 6. The van der Waals surface area contributed by atoms with Crippen molar-refractivity contribution < 1.29 is 19.4 Å². The summed E-state index contributed by atoms with van der Waals surface area (Å²) in [5.74, 6) is 1.30. The Bertz CT molecular complexity index is 1300. The molecule has 164 valence electrons. The molecule has 0 bridgehead atoms. The van der Waals surface area contributed by atoms with E-state index in [2.05, 4.69) is 10.3 Å². The summed E-state index contributed by atoms with van der Waals surface area (Å²) in [6.45, 7) is 6.01. The molecule has 2 heterocycles. The van der Waals surface area contributed by atoms with E-state index >= 15 is 0 Å². The molecule has 2 N–H and O–H groups in total. The van der Waals surface area contributed by atoms with Crippen molar-refractivity contribution in [2.45, 2.75) is 20.8 Å². The molecule has 0 unspecified atom stereocenters. The molecule has 8 heteroatoms. The van der Waals surface area contributed by atoms with Gasteiger partial charge < -0.3 is 19.9 Å². The van der Waals surface area contributed by atoms with E-state index < -0.39 is 0 Å². The Hall–Kier alpha value is -4.07. The number of aromatic nitrogens is 3. The number of imidazole rings is 1. The van der Waals surface area contributed by atoms with Gasteiger partial charge in [0.15, 0.2) is 11.5 Å². The van der Waals surface area contributed by atoms with Crippen LogP contribution in [-0.2, 0) is 4.74 Å². The van der Waals surface area contributed by atoms with Crippen molar-refractivity contribution in [3.8, 4) is 22.8 Å². The number of carbonyl (C=O) groups is 1. The molecule has 0 aliphatic rings. The first-order valence-corrected chi connectivity index (χ1v) is 10.2. The summed E-state index contributed by atoms with van der Waals surface area (Å²) in [5, 5.41) is 13.4. The highest BCUT2D eigenvalue weighted by Gasteiger charge is 2.19. The Morgan fingerprint density at radius 3 is 2.53 bits per heavy atom. The third-order valence-electron chi connectivity index (χ3n) is 5.02. The molecular weight excluding hydrogens is 408 g/mol. The van der Waals surface area contributed by atoms with Gasteiger partial charge in [0.05, 0.1) is 19.3 Å². The Labute approximate surface area is 185 Å². The number of aromatic hydroxyl groups is 1. The summed E-state index contributed by atoms with van der Waals surface area (Å²) in [5.41, 5.74) is 4.48. The van der Waals surface area contributed by atoms with Gasteiger partial charge >= 0.3 is 5.97 Å². The van der Waals surface area contributed by atoms with Gasteiger partial charge in [-0.3, -0.25) is 4.40 Å². The van der Waals surface area contributed by atoms with E-state index in [4.69, 9.17) is 14.5 Å². The molecule has 2 aromatic heterocycles. The van der Waals surface area contributed by atoms with Gasteiger partial charge in [0, 0.05) is 22.6 Å². The SMILES string of the molecule is CCOC(=O)c1ccc(Nc2c(-c3ccc(O)c(OC)c3)nc3nc(C)cc(C)n23)cc1. The standard InChI is InChI=1S/C24H24N4O4/c1-5-32-23(30)16-6-9-18(10-7-16)26-22-21(17-8-11-19(29)20(13-17)31-4)27-24-25-14(2)12-15(3)28(22)24/h6-13,26,29H,5H2,1-4H3. The predicted octanol–water partition coefficient (Wildman–Crippen LogP) is 4.65. The maximum atomic E-state index is 12.0. The summed E-state index contributed by atoms with van der Waals surface area (Å²) >= 11 is 0. The number of nitrogens with zero attached hydrogens (tertiary/aromatic N) is 3. The van der Waals surface area contributed by atoms with Crippen molar-refractivity contribution in [3.63, 3.8) is 0 Å². The van der Waals surface area contributed by atoms with Gasteiger partial charge in [0.1, 0.15) is 11.5 Å². The minimum absolute atomic E-state index is 0.0502. The van der Waals surface area contributed by atoms with Crippen LogP contribution in [0.25, 0.3) is 17.0 Å². The number of phenols is 1. The second kappa shape index (κ2) is 8.58. The van der Waals surface area contributed by atoms with Crippen molar-refractivity contribution in [1.29, 1.82) is 0 Å². The number of phenolic OH excluding ortho intramolecular Hbond substituents is 1. The van der Waals surface area contributed by atoms with Crippen LogP contribution in [0.3, 0.4) is 0 Å². The smallest absolute Gasteiger partial charge is 0.338 e. The fourth-order valence-corrected chi connectivity index (χ4v) is 3.56. The van der Waals surface area contributed by atoms with Crippen LogP contribution >= 0.6 is 0 Å². The number of ether oxygens (including phenoxy) is 2. The largest absolute Gasteiger partial charge is 0.504 e. The van der Waals surface area contributed by atoms with Crippen LogP contribution in [0.4, 0.5) is 11.5 Å². The first-order valence-electron chi connectivity index (χ1n) is 10.2. The molecule has 0 aliphatic heterocycles. The summed E-state index contributed by atoms with van der Waals surface area (Å²) in [6.07, 6.45) is 0. The second-order valence-electron chi connectivity index (χ2n) is 7.29. The molecular formula is C24H24N4O4. The van der Waals surface area contributed by atoms with Crippen LogP contribution in [0.1, 0.15) is 28.7 Å². The summed E-state index contributed by atoms with van der Waals surface area (Å²) in [7, 11) is 1.50. The van der Waals surface area contributed by atoms with Crippen molar-refractivity contribution in [2.24, 2.45) is 0 Å². The number of nitrogens with one attached hydrogen (secondary N) is 1. The van der Waals surface area contributed by atoms with E-state index in [1.165, 1.54) is 7.11 Å². The number of fused-ring (bicyclic) bond motifs is 1. The van der Waals surface area contributed by atoms with Gasteiger partial charge in [-0.25, -0.2) is 14.8 Å². The highest BCUT2D eigenvalue weighted by molar-refractivity contribution is 5.90. The van der Waals surface area contributed by atoms with E-state index in [0.29, 0.717) is 35.2 Å². The maximum absolute atomic E-state index is 12.0. The molecule has 32 heavy (non-hydrogen) atoms. The van der Waals surface area contributed by atoms with Gasteiger partial charge in [0.25, 0.3) is 0 Å². The van der Waals surface area contributed by atoms with Crippen LogP contribution in [0.5, 0.6) is 11.5 Å². The Morgan fingerprint density at radius 2 is 1.84 bits per heavy atom. The van der Waals surface area contributed by atoms with E-state index in [-0.39, 0.29) is 11.7 Å². The number of aryl methyl sites for hydroxylation is 2. The molecule has 0 saturated heterocycles. The predicted molar refractivity (Wildman–Crippen MR) is 122 cm³/mol. The topological polar surface area (TPSA) is 98.0 Å². The molecule has 0 radical (unpaired) electrons. The lowest BCUT2D eigenvalue weighted by Crippen LogP contribution is -2.05. The van der Waals surface area contributed by atoms with Gasteiger partial charge in [-0.05, 0) is 69.3 Å². The molecule has 0 amide bonds. The molecule has 0 aliphatic carbocycles. The van der Waals surface area contributed by atoms with Gasteiger partial charge in [0.2, 0.25) is 5.78 Å². The Morgan fingerprint density at radius 1 is 1.09 bits per heavy atom. The third-order valence-corrected chi connectivity index (χ3v) is 5.02. The molecule has 0 atom stereocenters. The summed E-state index contributed by atoms with van der Waals surface area (Å²) in [6, 6.07) is 14.1. The fraction of sp³-hybridized carbons (Fsp3) is 0.208. The van der Waals surface area contributed by atoms with Crippen LogP contribution in [0.15, 0.2) is 48.5 Å². The van der Waals surface area contributed by atoms with E-state index in [1.54, 1.807) is 37.3 Å². The van der Waals surface area contributed by atoms with E-state index in [0.717, 1.165) is 22.6 Å². The number of carbonyl (C=O) groups excluding carboxylic acids is 1. The number of esters is 1. The normalized spacial score (nSPS) is 10.9. The quantitative estimate of drug-likeness (QED) is 0.428. The molecule has 4 aromatic rings. The molecule has 4 rings (SSSR count). The summed E-state index contributed by atoms with van der Waals surface area (Å²) in [4.78, 5) is 21.3. The van der Waals surface area contributed by atoms with Crippen molar-refractivity contribution >= 4 is 23.3 Å². The number of methoxy groups -OCH3 is 1. The molecule has 0 fully saturated rings. The summed E-state index contributed by atoms with van der Waals surface area (Å²) < 4.78 is 12.3. The zero-order valence-electron chi connectivity index (χ0n) is 18.3. The highest BCUT2D eigenvalue weighted by Crippen LogP contribution is 2.36. The average Bonchev–Trinajstić information content (AvgIpc) is 3.13. The lowest BCUT2D eigenvalue weighted by atomic mass is 10.1. The lowest BCUT2D eigenvalue weighted by molar-refractivity contribution is 0.0526. The Kier molecular flexibility index (Phi) is 5.68. The van der Waals surface area contributed by atoms with E-state index in [9.17, 15) is 9.90 Å². The monoisotopic (exact) mass is 432 g/mol.